The minimum absolute atomic E-state index is 0.0177. The first-order valence-corrected chi connectivity index (χ1v) is 9.99. The van der Waals surface area contributed by atoms with Gasteiger partial charge in [0.05, 0.1) is 19.7 Å². The van der Waals surface area contributed by atoms with E-state index in [0.717, 1.165) is 45.4 Å². The summed E-state index contributed by atoms with van der Waals surface area (Å²) in [6.45, 7) is 9.03. The molecule has 1 heterocycles. The first-order chi connectivity index (χ1) is 12.8. The van der Waals surface area contributed by atoms with Crippen molar-refractivity contribution in [2.24, 2.45) is 5.92 Å². The fourth-order valence-electron chi connectivity index (χ4n) is 3.24. The molecule has 2 rings (SSSR count). The maximum Gasteiger partial charge on any atom is 0.328 e. The number of piperazine rings is 1. The van der Waals surface area contributed by atoms with Crippen LogP contribution in [0.25, 0.3) is 0 Å². The lowest BCUT2D eigenvalue weighted by molar-refractivity contribution is -0.146. The Bertz CT molecular complexity index is 530. The third-order valence-electron chi connectivity index (χ3n) is 5.61. The van der Waals surface area contributed by atoms with E-state index in [1.165, 1.54) is 7.11 Å². The normalized spacial score (nSPS) is 21.8. The van der Waals surface area contributed by atoms with Gasteiger partial charge in [-0.2, -0.15) is 0 Å². The predicted molar refractivity (Wildman–Crippen MR) is 102 cm³/mol. The van der Waals surface area contributed by atoms with Gasteiger partial charge in [-0.15, -0.1) is 0 Å². The highest BCUT2D eigenvalue weighted by molar-refractivity contribution is 5.85. The van der Waals surface area contributed by atoms with Crippen LogP contribution in [0, 0.1) is 5.92 Å². The standard InChI is InChI=1S/C19H34N4O4/c1-5-13(2)17(19(26)27-4)21-16(24)12-22-8-10-23(11-9-22)14(3)18(25)20-15-6-7-15/h13-15,17H,5-12H2,1-4H3,(H,20,25)(H,21,24)/t13-,14+,17-/m0/s1. The van der Waals surface area contributed by atoms with Crippen LogP contribution in [0.1, 0.15) is 40.0 Å². The van der Waals surface area contributed by atoms with E-state index in [-0.39, 0.29) is 30.3 Å². The number of rotatable bonds is 9. The van der Waals surface area contributed by atoms with E-state index in [4.69, 9.17) is 4.74 Å². The molecule has 0 aromatic heterocycles. The van der Waals surface area contributed by atoms with Crippen LogP contribution in [0.3, 0.4) is 0 Å². The van der Waals surface area contributed by atoms with Crippen molar-refractivity contribution in [3.05, 3.63) is 0 Å². The van der Waals surface area contributed by atoms with Crippen molar-refractivity contribution < 1.29 is 19.1 Å². The number of nitrogens with one attached hydrogen (secondary N) is 2. The molecule has 0 aromatic rings. The SMILES string of the molecule is CC[C@H](C)[C@H](NC(=O)CN1CCN([C@H](C)C(=O)NC2CC2)CC1)C(=O)OC. The van der Waals surface area contributed by atoms with Crippen LogP contribution >= 0.6 is 0 Å². The number of hydrogen-bond donors (Lipinski definition) is 2. The van der Waals surface area contributed by atoms with Gasteiger partial charge in [-0.1, -0.05) is 20.3 Å². The molecule has 0 unspecified atom stereocenters. The highest BCUT2D eigenvalue weighted by Gasteiger charge is 2.31. The highest BCUT2D eigenvalue weighted by Crippen LogP contribution is 2.19. The molecule has 1 aliphatic carbocycles. The molecule has 2 aliphatic rings. The maximum absolute atomic E-state index is 12.4. The molecule has 0 aromatic carbocycles. The lowest BCUT2D eigenvalue weighted by Crippen LogP contribution is -2.56. The maximum atomic E-state index is 12.4. The molecule has 0 radical (unpaired) electrons. The molecule has 0 bridgehead atoms. The van der Waals surface area contributed by atoms with Gasteiger partial charge in [0.1, 0.15) is 6.04 Å². The van der Waals surface area contributed by atoms with Crippen LogP contribution in [0.15, 0.2) is 0 Å². The monoisotopic (exact) mass is 382 g/mol. The quantitative estimate of drug-likeness (QED) is 0.545. The first kappa shape index (κ1) is 21.6. The van der Waals surface area contributed by atoms with E-state index < -0.39 is 12.0 Å². The van der Waals surface area contributed by atoms with Crippen molar-refractivity contribution in [1.82, 2.24) is 20.4 Å². The largest absolute Gasteiger partial charge is 0.467 e. The van der Waals surface area contributed by atoms with Crippen LogP contribution in [0.4, 0.5) is 0 Å². The Morgan fingerprint density at radius 2 is 1.74 bits per heavy atom. The van der Waals surface area contributed by atoms with Crippen molar-refractivity contribution in [1.29, 1.82) is 0 Å². The molecule has 154 valence electrons. The summed E-state index contributed by atoms with van der Waals surface area (Å²) in [5.74, 6) is -0.459. The molecule has 2 fully saturated rings. The molecule has 3 atom stereocenters. The third kappa shape index (κ3) is 6.46. The van der Waals surface area contributed by atoms with Crippen molar-refractivity contribution >= 4 is 17.8 Å². The van der Waals surface area contributed by atoms with Crippen molar-refractivity contribution in [3.8, 4) is 0 Å². The Morgan fingerprint density at radius 3 is 2.26 bits per heavy atom. The van der Waals surface area contributed by atoms with Crippen LogP contribution in [0.2, 0.25) is 0 Å². The van der Waals surface area contributed by atoms with Crippen LogP contribution in [-0.4, -0.2) is 85.5 Å². The molecule has 8 nitrogen and oxygen atoms in total. The Balaban J connectivity index is 1.75. The summed E-state index contributed by atoms with van der Waals surface area (Å²) < 4.78 is 4.81. The number of amides is 2. The lowest BCUT2D eigenvalue weighted by atomic mass is 9.99. The number of hydrogen-bond acceptors (Lipinski definition) is 6. The zero-order chi connectivity index (χ0) is 20.0. The summed E-state index contributed by atoms with van der Waals surface area (Å²) in [5.41, 5.74) is 0. The van der Waals surface area contributed by atoms with Crippen molar-refractivity contribution in [2.45, 2.75) is 58.2 Å². The minimum atomic E-state index is -0.611. The van der Waals surface area contributed by atoms with Gasteiger partial charge < -0.3 is 15.4 Å². The van der Waals surface area contributed by atoms with Crippen LogP contribution in [0.5, 0.6) is 0 Å². The third-order valence-corrected chi connectivity index (χ3v) is 5.61. The minimum Gasteiger partial charge on any atom is -0.467 e. The molecule has 0 spiro atoms. The van der Waals surface area contributed by atoms with Crippen molar-refractivity contribution in [3.63, 3.8) is 0 Å². The van der Waals surface area contributed by atoms with Crippen LogP contribution < -0.4 is 10.6 Å². The zero-order valence-electron chi connectivity index (χ0n) is 17.0. The number of esters is 1. The number of carbonyl (C=O) groups excluding carboxylic acids is 3. The summed E-state index contributed by atoms with van der Waals surface area (Å²) in [6, 6.07) is -0.381. The Kier molecular flexibility index (Phi) is 8.04. The van der Waals surface area contributed by atoms with Gasteiger partial charge in [0.15, 0.2) is 0 Å². The molecule has 1 saturated carbocycles. The summed E-state index contributed by atoms with van der Waals surface area (Å²) in [6.07, 6.45) is 2.95. The van der Waals surface area contributed by atoms with E-state index in [1.807, 2.05) is 20.8 Å². The second kappa shape index (κ2) is 10.0. The highest BCUT2D eigenvalue weighted by atomic mass is 16.5. The average Bonchev–Trinajstić information content (AvgIpc) is 3.48. The molecule has 27 heavy (non-hydrogen) atoms. The van der Waals surface area contributed by atoms with Gasteiger partial charge in [0.2, 0.25) is 11.8 Å². The van der Waals surface area contributed by atoms with Gasteiger partial charge in [-0.05, 0) is 25.7 Å². The molecule has 2 N–H and O–H groups in total. The van der Waals surface area contributed by atoms with E-state index in [1.54, 1.807) is 0 Å². The molecular weight excluding hydrogens is 348 g/mol. The topological polar surface area (TPSA) is 91.0 Å². The second-order valence-corrected chi connectivity index (χ2v) is 7.72. The Labute approximate surface area is 162 Å². The number of methoxy groups -OCH3 is 1. The lowest BCUT2D eigenvalue weighted by Gasteiger charge is -2.37. The van der Waals surface area contributed by atoms with Crippen LogP contribution in [-0.2, 0) is 19.1 Å². The number of nitrogens with zero attached hydrogens (tertiary/aromatic N) is 2. The molecule has 2 amide bonds. The summed E-state index contributed by atoms with van der Waals surface area (Å²) >= 11 is 0. The van der Waals surface area contributed by atoms with Gasteiger partial charge in [-0.25, -0.2) is 4.79 Å². The summed E-state index contributed by atoms with van der Waals surface area (Å²) in [4.78, 5) is 40.7. The Hall–Kier alpha value is -1.67. The number of carbonyl (C=O) groups is 3. The summed E-state index contributed by atoms with van der Waals surface area (Å²) in [7, 11) is 1.34. The fraction of sp³-hybridized carbons (Fsp3) is 0.842. The van der Waals surface area contributed by atoms with Gasteiger partial charge in [0, 0.05) is 32.2 Å². The molecule has 1 saturated heterocycles. The molecular formula is C19H34N4O4. The van der Waals surface area contributed by atoms with Gasteiger partial charge in [0.25, 0.3) is 0 Å². The van der Waals surface area contributed by atoms with Gasteiger partial charge in [-0.3, -0.25) is 19.4 Å². The predicted octanol–water partition coefficient (Wildman–Crippen LogP) is -0.0250. The number of ether oxygens (including phenoxy) is 1. The van der Waals surface area contributed by atoms with E-state index in [9.17, 15) is 14.4 Å². The van der Waals surface area contributed by atoms with Gasteiger partial charge >= 0.3 is 5.97 Å². The van der Waals surface area contributed by atoms with E-state index >= 15 is 0 Å². The average molecular weight is 383 g/mol. The molecule has 8 heteroatoms. The molecule has 1 aliphatic heterocycles. The van der Waals surface area contributed by atoms with Crippen molar-refractivity contribution in [2.75, 3.05) is 39.8 Å². The van der Waals surface area contributed by atoms with E-state index in [2.05, 4.69) is 20.4 Å². The zero-order valence-corrected chi connectivity index (χ0v) is 17.0. The van der Waals surface area contributed by atoms with E-state index in [0.29, 0.717) is 6.04 Å². The smallest absolute Gasteiger partial charge is 0.328 e. The second-order valence-electron chi connectivity index (χ2n) is 7.72. The fourth-order valence-corrected chi connectivity index (χ4v) is 3.24. The summed E-state index contributed by atoms with van der Waals surface area (Å²) in [5, 5.41) is 5.86. The Morgan fingerprint density at radius 1 is 1.11 bits per heavy atom. The first-order valence-electron chi connectivity index (χ1n) is 9.99.